The number of benzene rings is 2. The summed E-state index contributed by atoms with van der Waals surface area (Å²) in [7, 11) is 0. The zero-order valence-electron chi connectivity index (χ0n) is 25.9. The number of anilines is 3. The molecule has 3 fully saturated rings. The van der Waals surface area contributed by atoms with Crippen molar-refractivity contribution in [1.29, 1.82) is 0 Å². The molecule has 5 N–H and O–H groups in total. The van der Waals surface area contributed by atoms with E-state index in [0.717, 1.165) is 76.5 Å². The average Bonchev–Trinajstić information content (AvgIpc) is 3.30. The third-order valence-electron chi connectivity index (χ3n) is 8.92. The minimum Gasteiger partial charge on any atom is -0.507 e. The summed E-state index contributed by atoms with van der Waals surface area (Å²) in [6.45, 7) is 6.95. The Kier molecular flexibility index (Phi) is 13.8. The lowest BCUT2D eigenvalue weighted by Gasteiger charge is -2.43. The zero-order chi connectivity index (χ0) is 29.8. The van der Waals surface area contributed by atoms with Crippen LogP contribution in [0.1, 0.15) is 25.7 Å². The highest BCUT2D eigenvalue weighted by atomic mass is 35.5. The fourth-order valence-corrected chi connectivity index (χ4v) is 6.65. The highest BCUT2D eigenvalue weighted by Crippen LogP contribution is 2.39. The van der Waals surface area contributed by atoms with E-state index in [0.29, 0.717) is 48.7 Å². The number of nitrogens with zero attached hydrogens (tertiary/aromatic N) is 6. The summed E-state index contributed by atoms with van der Waals surface area (Å²) < 4.78 is 6.20. The summed E-state index contributed by atoms with van der Waals surface area (Å²) in [6.07, 6.45) is 3.51. The highest BCUT2D eigenvalue weighted by molar-refractivity contribution is 5.86. The molecule has 0 spiro atoms. The minimum absolute atomic E-state index is 0. The zero-order valence-corrected chi connectivity index (χ0v) is 28.3. The first-order valence-electron chi connectivity index (χ1n) is 15.4. The molecule has 3 aliphatic rings. The van der Waals surface area contributed by atoms with Crippen LogP contribution in [0.15, 0.2) is 54.6 Å². The van der Waals surface area contributed by atoms with Crippen LogP contribution < -0.4 is 26.0 Å². The number of hydrogen-bond acceptors (Lipinski definition) is 10. The van der Waals surface area contributed by atoms with Gasteiger partial charge in [-0.05, 0) is 56.1 Å². The molecule has 1 aromatic heterocycles. The Morgan fingerprint density at radius 2 is 1.65 bits per heavy atom. The van der Waals surface area contributed by atoms with Crippen molar-refractivity contribution in [2.45, 2.75) is 37.8 Å². The van der Waals surface area contributed by atoms with Crippen molar-refractivity contribution in [1.82, 2.24) is 20.0 Å². The van der Waals surface area contributed by atoms with E-state index in [1.165, 1.54) is 5.69 Å². The molecule has 3 saturated heterocycles. The van der Waals surface area contributed by atoms with E-state index in [1.807, 2.05) is 29.2 Å². The molecule has 46 heavy (non-hydrogen) atoms. The van der Waals surface area contributed by atoms with Gasteiger partial charge in [-0.15, -0.1) is 47.4 Å². The molecule has 1 amide bonds. The third kappa shape index (κ3) is 8.38. The number of rotatable bonds is 10. The lowest BCUT2D eigenvalue weighted by atomic mass is 10.1. The standard InChI is InChI=1S/C32H42N8O3.3ClH/c33-12-4-9-31(42)38-15-13-37(14-16-38)17-18-43-26-6-3-5-23(19-26)40-24-10-11-25(40)22-39(21-24)29-20-28(35-36-32(29)34)27-7-1-2-8-30(27)41;;;/h1-3,5-8,19-20,24-25,41H,4,9-18,21-22,33H2,(H2,34,36);3*1H. The quantitative estimate of drug-likeness (QED) is 0.287. The van der Waals surface area contributed by atoms with Crippen LogP contribution in [-0.4, -0.2) is 102 Å². The summed E-state index contributed by atoms with van der Waals surface area (Å²) >= 11 is 0. The van der Waals surface area contributed by atoms with Gasteiger partial charge in [0.2, 0.25) is 5.91 Å². The number of hydrogen-bond donors (Lipinski definition) is 3. The van der Waals surface area contributed by atoms with Crippen LogP contribution in [0.5, 0.6) is 11.5 Å². The van der Waals surface area contributed by atoms with Gasteiger partial charge in [0.05, 0.1) is 11.4 Å². The number of nitrogen functional groups attached to an aromatic ring is 1. The molecule has 14 heteroatoms. The lowest BCUT2D eigenvalue weighted by Crippen LogP contribution is -2.54. The first-order chi connectivity index (χ1) is 21.0. The molecule has 2 unspecified atom stereocenters. The molecule has 6 rings (SSSR count). The number of piperazine rings is 2. The van der Waals surface area contributed by atoms with E-state index in [9.17, 15) is 9.90 Å². The Hall–Kier alpha value is -3.22. The largest absolute Gasteiger partial charge is 0.507 e. The maximum Gasteiger partial charge on any atom is 0.222 e. The molecule has 0 radical (unpaired) electrons. The maximum absolute atomic E-state index is 12.3. The van der Waals surface area contributed by atoms with Gasteiger partial charge in [-0.1, -0.05) is 18.2 Å². The molecule has 11 nitrogen and oxygen atoms in total. The number of para-hydroxylation sites is 1. The van der Waals surface area contributed by atoms with Crippen molar-refractivity contribution in [2.24, 2.45) is 5.73 Å². The predicted molar refractivity (Wildman–Crippen MR) is 190 cm³/mol. The van der Waals surface area contributed by atoms with Gasteiger partial charge in [-0.25, -0.2) is 0 Å². The minimum atomic E-state index is 0. The van der Waals surface area contributed by atoms with Gasteiger partial charge in [-0.3, -0.25) is 9.69 Å². The molecular formula is C32H45Cl3N8O3. The van der Waals surface area contributed by atoms with Gasteiger partial charge in [0.25, 0.3) is 0 Å². The van der Waals surface area contributed by atoms with Crippen molar-refractivity contribution in [3.63, 3.8) is 0 Å². The van der Waals surface area contributed by atoms with Crippen molar-refractivity contribution in [2.75, 3.05) is 74.5 Å². The van der Waals surface area contributed by atoms with E-state index in [4.69, 9.17) is 16.2 Å². The predicted octanol–water partition coefficient (Wildman–Crippen LogP) is 3.82. The van der Waals surface area contributed by atoms with E-state index in [1.54, 1.807) is 12.1 Å². The second-order valence-corrected chi connectivity index (χ2v) is 11.7. The molecule has 4 heterocycles. The maximum atomic E-state index is 12.3. The summed E-state index contributed by atoms with van der Waals surface area (Å²) in [6, 6.07) is 18.2. The fraction of sp³-hybridized carbons (Fsp3) is 0.469. The summed E-state index contributed by atoms with van der Waals surface area (Å²) in [5, 5.41) is 18.8. The number of phenolic OH excluding ortho intramolecular Hbond substituents is 1. The Bertz CT molecular complexity index is 1410. The molecule has 3 aromatic rings. The van der Waals surface area contributed by atoms with Gasteiger partial charge >= 0.3 is 0 Å². The lowest BCUT2D eigenvalue weighted by molar-refractivity contribution is -0.133. The number of carbonyl (C=O) groups excluding carboxylic acids is 1. The van der Waals surface area contributed by atoms with E-state index in [-0.39, 0.29) is 48.9 Å². The van der Waals surface area contributed by atoms with Crippen LogP contribution in [0.2, 0.25) is 0 Å². The Morgan fingerprint density at radius 1 is 0.935 bits per heavy atom. The van der Waals surface area contributed by atoms with Crippen molar-refractivity contribution in [3.8, 4) is 22.8 Å². The summed E-state index contributed by atoms with van der Waals surface area (Å²) in [5.41, 5.74) is 15.2. The third-order valence-corrected chi connectivity index (χ3v) is 8.92. The van der Waals surface area contributed by atoms with E-state index >= 15 is 0 Å². The van der Waals surface area contributed by atoms with Crippen molar-refractivity contribution >= 4 is 60.3 Å². The summed E-state index contributed by atoms with van der Waals surface area (Å²) in [5.74, 6) is 1.67. The number of aromatic hydroxyl groups is 1. The Labute approximate surface area is 289 Å². The number of amides is 1. The van der Waals surface area contributed by atoms with Crippen molar-refractivity contribution in [3.05, 3.63) is 54.6 Å². The van der Waals surface area contributed by atoms with Gasteiger partial charge < -0.3 is 36.0 Å². The van der Waals surface area contributed by atoms with E-state index < -0.39 is 0 Å². The number of halogens is 3. The van der Waals surface area contributed by atoms with Crippen LogP contribution in [-0.2, 0) is 4.79 Å². The molecular weight excluding hydrogens is 651 g/mol. The Morgan fingerprint density at radius 3 is 2.35 bits per heavy atom. The molecule has 0 saturated carbocycles. The normalized spacial score (nSPS) is 19.1. The fourth-order valence-electron chi connectivity index (χ4n) is 6.65. The average molecular weight is 696 g/mol. The second kappa shape index (κ2) is 17.1. The monoisotopic (exact) mass is 694 g/mol. The topological polar surface area (TPSA) is 137 Å². The number of aromatic nitrogens is 2. The number of nitrogens with two attached hydrogens (primary N) is 2. The molecule has 2 aromatic carbocycles. The van der Waals surface area contributed by atoms with Crippen LogP contribution in [0.3, 0.4) is 0 Å². The van der Waals surface area contributed by atoms with Crippen molar-refractivity contribution < 1.29 is 14.6 Å². The van der Waals surface area contributed by atoms with Gasteiger partial charge in [-0.2, -0.15) is 0 Å². The second-order valence-electron chi connectivity index (χ2n) is 11.7. The molecule has 2 atom stereocenters. The van der Waals surface area contributed by atoms with Crippen LogP contribution in [0, 0.1) is 0 Å². The van der Waals surface area contributed by atoms with Gasteiger partial charge in [0.1, 0.15) is 18.1 Å². The van der Waals surface area contributed by atoms with E-state index in [2.05, 4.69) is 43.1 Å². The highest BCUT2D eigenvalue weighted by Gasteiger charge is 2.40. The number of ether oxygens (including phenoxy) is 1. The summed E-state index contributed by atoms with van der Waals surface area (Å²) in [4.78, 5) is 21.4. The molecule has 252 valence electrons. The number of carbonyl (C=O) groups is 1. The number of fused-ring (bicyclic) bond motifs is 2. The van der Waals surface area contributed by atoms with Crippen LogP contribution in [0.25, 0.3) is 11.3 Å². The number of phenols is 1. The molecule has 0 aliphatic carbocycles. The van der Waals surface area contributed by atoms with Crippen LogP contribution in [0.4, 0.5) is 17.2 Å². The molecule has 2 bridgehead atoms. The van der Waals surface area contributed by atoms with Gasteiger partial charge in [0.15, 0.2) is 5.82 Å². The SMILES string of the molecule is Cl.Cl.Cl.NCCCC(=O)N1CCN(CCOc2cccc(N3C4CCC3CN(c3cc(-c5ccccc5O)nnc3N)C4)c2)CC1. The smallest absolute Gasteiger partial charge is 0.222 e. The van der Waals surface area contributed by atoms with Gasteiger partial charge in [0, 0.05) is 81.6 Å². The molecule has 3 aliphatic heterocycles. The first-order valence-corrected chi connectivity index (χ1v) is 15.4. The first kappa shape index (κ1) is 37.2. The van der Waals surface area contributed by atoms with Crippen LogP contribution >= 0.6 is 37.2 Å². The Balaban J connectivity index is 0.00000192.